The first kappa shape index (κ1) is 11.0. The molecule has 2 aromatic rings. The number of nitrogens with two attached hydrogens (primary N) is 1. The predicted molar refractivity (Wildman–Crippen MR) is 69.8 cm³/mol. The molecule has 0 aliphatic heterocycles. The van der Waals surface area contributed by atoms with E-state index in [4.69, 9.17) is 5.73 Å². The van der Waals surface area contributed by atoms with E-state index in [2.05, 4.69) is 30.2 Å². The Labute approximate surface area is 99.3 Å². The Kier molecular flexibility index (Phi) is 3.10. The number of hydrogen-bond donors (Lipinski definition) is 2. The van der Waals surface area contributed by atoms with E-state index in [9.17, 15) is 0 Å². The molecule has 4 heteroatoms. The highest BCUT2D eigenvalue weighted by atomic mass is 32.1. The van der Waals surface area contributed by atoms with Crippen LogP contribution in [0.3, 0.4) is 0 Å². The third-order valence-corrected chi connectivity index (χ3v) is 3.62. The van der Waals surface area contributed by atoms with Gasteiger partial charge in [-0.2, -0.15) is 0 Å². The number of anilines is 2. The SMILES string of the molecule is Cc1cc(CNc2ccnc(N)c2)sc1C. The second-order valence-electron chi connectivity index (χ2n) is 3.77. The number of rotatable bonds is 3. The van der Waals surface area contributed by atoms with Gasteiger partial charge in [0.2, 0.25) is 0 Å². The summed E-state index contributed by atoms with van der Waals surface area (Å²) < 4.78 is 0. The van der Waals surface area contributed by atoms with Crippen LogP contribution >= 0.6 is 11.3 Å². The summed E-state index contributed by atoms with van der Waals surface area (Å²) in [6.45, 7) is 5.12. The lowest BCUT2D eigenvalue weighted by molar-refractivity contribution is 1.18. The van der Waals surface area contributed by atoms with Gasteiger partial charge in [0.05, 0.1) is 0 Å². The van der Waals surface area contributed by atoms with Gasteiger partial charge in [-0.15, -0.1) is 11.3 Å². The normalized spacial score (nSPS) is 10.4. The number of nitrogens with zero attached hydrogens (tertiary/aromatic N) is 1. The zero-order valence-corrected chi connectivity index (χ0v) is 10.3. The van der Waals surface area contributed by atoms with Gasteiger partial charge in [0.25, 0.3) is 0 Å². The Morgan fingerprint density at radius 2 is 2.19 bits per heavy atom. The highest BCUT2D eigenvalue weighted by Gasteiger charge is 2.01. The van der Waals surface area contributed by atoms with Gasteiger partial charge in [0.15, 0.2) is 0 Å². The fourth-order valence-corrected chi connectivity index (χ4v) is 2.48. The average molecular weight is 233 g/mol. The molecule has 0 radical (unpaired) electrons. The van der Waals surface area contributed by atoms with Gasteiger partial charge in [-0.1, -0.05) is 0 Å². The molecule has 0 aliphatic rings. The van der Waals surface area contributed by atoms with Crippen LogP contribution < -0.4 is 11.1 Å². The van der Waals surface area contributed by atoms with Crippen LogP contribution in [0.4, 0.5) is 11.5 Å². The van der Waals surface area contributed by atoms with Crippen molar-refractivity contribution in [2.45, 2.75) is 20.4 Å². The van der Waals surface area contributed by atoms with E-state index in [1.807, 2.05) is 23.5 Å². The smallest absolute Gasteiger partial charge is 0.125 e. The molecule has 0 unspecified atom stereocenters. The molecule has 0 saturated carbocycles. The number of thiophene rings is 1. The first-order valence-electron chi connectivity index (χ1n) is 5.16. The molecule has 2 heterocycles. The number of nitrogen functional groups attached to an aromatic ring is 1. The van der Waals surface area contributed by atoms with Crippen molar-refractivity contribution < 1.29 is 0 Å². The molecule has 2 aromatic heterocycles. The van der Waals surface area contributed by atoms with Gasteiger partial charge in [0.1, 0.15) is 5.82 Å². The quantitative estimate of drug-likeness (QED) is 0.857. The number of hydrogen-bond acceptors (Lipinski definition) is 4. The van der Waals surface area contributed by atoms with Crippen molar-refractivity contribution >= 4 is 22.8 Å². The molecule has 3 N–H and O–H groups in total. The Morgan fingerprint density at radius 1 is 1.38 bits per heavy atom. The Balaban J connectivity index is 2.02. The minimum Gasteiger partial charge on any atom is -0.384 e. The van der Waals surface area contributed by atoms with E-state index in [0.717, 1.165) is 12.2 Å². The molecule has 0 spiro atoms. The Morgan fingerprint density at radius 3 is 2.81 bits per heavy atom. The molecule has 3 nitrogen and oxygen atoms in total. The summed E-state index contributed by atoms with van der Waals surface area (Å²) >= 11 is 1.83. The van der Waals surface area contributed by atoms with Crippen molar-refractivity contribution in [2.24, 2.45) is 0 Å². The molecule has 0 amide bonds. The fraction of sp³-hybridized carbons (Fsp3) is 0.250. The number of aryl methyl sites for hydroxylation is 2. The number of pyridine rings is 1. The first-order chi connectivity index (χ1) is 7.65. The van der Waals surface area contributed by atoms with Crippen molar-refractivity contribution in [1.82, 2.24) is 4.98 Å². The van der Waals surface area contributed by atoms with E-state index in [-0.39, 0.29) is 0 Å². The molecule has 84 valence electrons. The van der Waals surface area contributed by atoms with Crippen LogP contribution in [-0.2, 0) is 6.54 Å². The highest BCUT2D eigenvalue weighted by molar-refractivity contribution is 7.12. The lowest BCUT2D eigenvalue weighted by Crippen LogP contribution is -1.99. The minimum atomic E-state index is 0.545. The van der Waals surface area contributed by atoms with Gasteiger partial charge < -0.3 is 11.1 Å². The largest absolute Gasteiger partial charge is 0.384 e. The molecule has 2 rings (SSSR count). The molecule has 0 fully saturated rings. The minimum absolute atomic E-state index is 0.545. The van der Waals surface area contributed by atoms with E-state index in [1.54, 1.807) is 6.20 Å². The van der Waals surface area contributed by atoms with Crippen molar-refractivity contribution in [2.75, 3.05) is 11.1 Å². The third-order valence-electron chi connectivity index (χ3n) is 2.46. The molecule has 0 saturated heterocycles. The van der Waals surface area contributed by atoms with Crippen molar-refractivity contribution in [3.05, 3.63) is 39.7 Å². The lowest BCUT2D eigenvalue weighted by Gasteiger charge is -2.04. The fourth-order valence-electron chi connectivity index (χ4n) is 1.48. The van der Waals surface area contributed by atoms with Gasteiger partial charge in [0, 0.05) is 34.2 Å². The second-order valence-corrected chi connectivity index (χ2v) is 5.12. The highest BCUT2D eigenvalue weighted by Crippen LogP contribution is 2.21. The molecule has 0 aromatic carbocycles. The summed E-state index contributed by atoms with van der Waals surface area (Å²) in [5.41, 5.74) is 7.98. The topological polar surface area (TPSA) is 50.9 Å². The summed E-state index contributed by atoms with van der Waals surface area (Å²) in [7, 11) is 0. The summed E-state index contributed by atoms with van der Waals surface area (Å²) in [6, 6.07) is 5.98. The van der Waals surface area contributed by atoms with Crippen LogP contribution in [0.25, 0.3) is 0 Å². The third kappa shape index (κ3) is 2.52. The molecule has 0 atom stereocenters. The summed E-state index contributed by atoms with van der Waals surface area (Å²) in [5, 5.41) is 3.33. The van der Waals surface area contributed by atoms with Gasteiger partial charge in [-0.3, -0.25) is 0 Å². The van der Waals surface area contributed by atoms with Gasteiger partial charge in [-0.05, 0) is 31.5 Å². The number of nitrogens with one attached hydrogen (secondary N) is 1. The average Bonchev–Trinajstić information content (AvgIpc) is 2.56. The van der Waals surface area contributed by atoms with Crippen molar-refractivity contribution in [3.63, 3.8) is 0 Å². The van der Waals surface area contributed by atoms with Gasteiger partial charge in [-0.25, -0.2) is 4.98 Å². The molecule has 0 aliphatic carbocycles. The maximum atomic E-state index is 5.61. The summed E-state index contributed by atoms with van der Waals surface area (Å²) in [6.07, 6.45) is 1.71. The molecule has 16 heavy (non-hydrogen) atoms. The standard InChI is InChI=1S/C12H15N3S/c1-8-5-11(16-9(8)2)7-15-10-3-4-14-12(13)6-10/h3-6H,7H2,1-2H3,(H3,13,14,15). The van der Waals surface area contributed by atoms with Crippen LogP contribution in [0.1, 0.15) is 15.3 Å². The van der Waals surface area contributed by atoms with E-state index in [0.29, 0.717) is 5.82 Å². The zero-order chi connectivity index (χ0) is 11.5. The van der Waals surface area contributed by atoms with Crippen LogP contribution in [0, 0.1) is 13.8 Å². The van der Waals surface area contributed by atoms with Crippen LogP contribution in [0.2, 0.25) is 0 Å². The second kappa shape index (κ2) is 4.53. The van der Waals surface area contributed by atoms with Crippen molar-refractivity contribution in [1.29, 1.82) is 0 Å². The van der Waals surface area contributed by atoms with Crippen LogP contribution in [-0.4, -0.2) is 4.98 Å². The Bertz CT molecular complexity index is 471. The monoisotopic (exact) mass is 233 g/mol. The summed E-state index contributed by atoms with van der Waals surface area (Å²) in [4.78, 5) is 6.67. The molecule has 0 bridgehead atoms. The van der Waals surface area contributed by atoms with E-state index in [1.165, 1.54) is 15.3 Å². The predicted octanol–water partition coefficient (Wildman–Crippen LogP) is 2.95. The van der Waals surface area contributed by atoms with Crippen LogP contribution in [0.5, 0.6) is 0 Å². The molecular formula is C12H15N3S. The summed E-state index contributed by atoms with van der Waals surface area (Å²) in [5.74, 6) is 0.545. The zero-order valence-electron chi connectivity index (χ0n) is 9.45. The van der Waals surface area contributed by atoms with Crippen molar-refractivity contribution in [3.8, 4) is 0 Å². The maximum Gasteiger partial charge on any atom is 0.125 e. The van der Waals surface area contributed by atoms with Crippen LogP contribution in [0.15, 0.2) is 24.4 Å². The Hall–Kier alpha value is -1.55. The van der Waals surface area contributed by atoms with E-state index < -0.39 is 0 Å². The maximum absolute atomic E-state index is 5.61. The van der Waals surface area contributed by atoms with Gasteiger partial charge >= 0.3 is 0 Å². The van der Waals surface area contributed by atoms with E-state index >= 15 is 0 Å². The molecular weight excluding hydrogens is 218 g/mol. The number of aromatic nitrogens is 1. The lowest BCUT2D eigenvalue weighted by atomic mass is 10.3. The first-order valence-corrected chi connectivity index (χ1v) is 5.98.